The summed E-state index contributed by atoms with van der Waals surface area (Å²) in [6, 6.07) is 6.10. The lowest BCUT2D eigenvalue weighted by Gasteiger charge is -2.45. The standard InChI is InChI=1S/C24H28N6O2/c1-16-21(23(31)30-14-24(2,3)15-30)28-22(27-16)20-11-17(4-5-26-20)18-10-19(13-25-12-18)29-6-8-32-9-7-29/h4-5,10-13H,6-9,14-15H2,1-3H3,(H,27,28). The molecule has 3 aromatic rings. The van der Waals surface area contributed by atoms with Crippen LogP contribution in [0.2, 0.25) is 0 Å². The summed E-state index contributed by atoms with van der Waals surface area (Å²) in [5.41, 5.74) is 5.22. The summed E-state index contributed by atoms with van der Waals surface area (Å²) in [5, 5.41) is 0. The van der Waals surface area contributed by atoms with Crippen LogP contribution in [0.5, 0.6) is 0 Å². The van der Waals surface area contributed by atoms with Crippen LogP contribution < -0.4 is 4.90 Å². The monoisotopic (exact) mass is 432 g/mol. The number of H-pyrrole nitrogens is 1. The SMILES string of the molecule is Cc1[nH]c(-c2cc(-c3cncc(N4CCOCC4)c3)ccn2)nc1C(=O)N1CC(C)(C)C1. The number of rotatable bonds is 4. The molecule has 0 aromatic carbocycles. The fraction of sp³-hybridized carbons (Fsp3) is 0.417. The van der Waals surface area contributed by atoms with Crippen LogP contribution >= 0.6 is 0 Å². The quantitative estimate of drug-likeness (QED) is 0.682. The van der Waals surface area contributed by atoms with E-state index in [0.717, 1.165) is 61.9 Å². The minimum Gasteiger partial charge on any atom is -0.378 e. The van der Waals surface area contributed by atoms with E-state index < -0.39 is 0 Å². The molecule has 5 rings (SSSR count). The van der Waals surface area contributed by atoms with Gasteiger partial charge in [0.15, 0.2) is 5.82 Å². The first-order valence-electron chi connectivity index (χ1n) is 11.0. The number of imidazole rings is 1. The van der Waals surface area contributed by atoms with Crippen LogP contribution in [0.3, 0.4) is 0 Å². The van der Waals surface area contributed by atoms with Crippen LogP contribution in [0.4, 0.5) is 5.69 Å². The molecule has 3 aromatic heterocycles. The van der Waals surface area contributed by atoms with E-state index in [1.165, 1.54) is 0 Å². The van der Waals surface area contributed by atoms with Crippen molar-refractivity contribution in [3.63, 3.8) is 0 Å². The molecular formula is C24H28N6O2. The van der Waals surface area contributed by atoms with E-state index >= 15 is 0 Å². The van der Waals surface area contributed by atoms with Crippen LogP contribution in [-0.4, -0.2) is 70.1 Å². The van der Waals surface area contributed by atoms with Crippen molar-refractivity contribution in [2.75, 3.05) is 44.3 Å². The number of aryl methyl sites for hydroxylation is 1. The Balaban J connectivity index is 1.40. The summed E-state index contributed by atoms with van der Waals surface area (Å²) < 4.78 is 5.46. The highest BCUT2D eigenvalue weighted by molar-refractivity contribution is 5.94. The van der Waals surface area contributed by atoms with Gasteiger partial charge in [-0.15, -0.1) is 0 Å². The minimum atomic E-state index is -0.0251. The number of aromatic nitrogens is 4. The molecule has 8 heteroatoms. The molecule has 0 atom stereocenters. The maximum absolute atomic E-state index is 12.9. The molecule has 2 fully saturated rings. The molecular weight excluding hydrogens is 404 g/mol. The van der Waals surface area contributed by atoms with Gasteiger partial charge >= 0.3 is 0 Å². The zero-order valence-corrected chi connectivity index (χ0v) is 18.8. The van der Waals surface area contributed by atoms with Crippen LogP contribution in [-0.2, 0) is 4.74 Å². The lowest BCUT2D eigenvalue weighted by molar-refractivity contribution is 0.0230. The average molecular weight is 433 g/mol. The molecule has 32 heavy (non-hydrogen) atoms. The molecule has 0 radical (unpaired) electrons. The fourth-order valence-corrected chi connectivity index (χ4v) is 4.39. The van der Waals surface area contributed by atoms with Gasteiger partial charge in [0.1, 0.15) is 11.4 Å². The number of nitrogens with zero attached hydrogens (tertiary/aromatic N) is 5. The van der Waals surface area contributed by atoms with E-state index in [1.54, 1.807) is 6.20 Å². The summed E-state index contributed by atoms with van der Waals surface area (Å²) >= 11 is 0. The van der Waals surface area contributed by atoms with Gasteiger partial charge in [-0.2, -0.15) is 0 Å². The average Bonchev–Trinajstić information content (AvgIpc) is 3.19. The number of aromatic amines is 1. The van der Waals surface area contributed by atoms with Crippen LogP contribution in [0.1, 0.15) is 30.0 Å². The van der Waals surface area contributed by atoms with Gasteiger partial charge in [-0.25, -0.2) is 4.98 Å². The summed E-state index contributed by atoms with van der Waals surface area (Å²) in [6.45, 7) is 10.9. The van der Waals surface area contributed by atoms with Gasteiger partial charge < -0.3 is 19.5 Å². The van der Waals surface area contributed by atoms with Crippen molar-refractivity contribution in [3.8, 4) is 22.6 Å². The third kappa shape index (κ3) is 3.98. The zero-order valence-electron chi connectivity index (χ0n) is 18.8. The van der Waals surface area contributed by atoms with E-state index in [2.05, 4.69) is 44.7 Å². The van der Waals surface area contributed by atoms with Crippen molar-refractivity contribution in [1.29, 1.82) is 0 Å². The Kier molecular flexibility index (Phi) is 5.17. The molecule has 0 saturated carbocycles. The van der Waals surface area contributed by atoms with Crippen molar-refractivity contribution in [3.05, 3.63) is 48.2 Å². The van der Waals surface area contributed by atoms with Gasteiger partial charge in [-0.05, 0) is 36.1 Å². The van der Waals surface area contributed by atoms with Crippen LogP contribution in [0.15, 0.2) is 36.8 Å². The molecule has 2 aliphatic heterocycles. The lowest BCUT2D eigenvalue weighted by Crippen LogP contribution is -2.55. The maximum Gasteiger partial charge on any atom is 0.274 e. The molecule has 2 aliphatic rings. The molecule has 0 aliphatic carbocycles. The Morgan fingerprint density at radius 3 is 2.66 bits per heavy atom. The van der Waals surface area contributed by atoms with E-state index in [-0.39, 0.29) is 11.3 Å². The van der Waals surface area contributed by atoms with E-state index in [4.69, 9.17) is 4.74 Å². The largest absolute Gasteiger partial charge is 0.378 e. The number of likely N-dealkylation sites (tertiary alicyclic amines) is 1. The molecule has 0 spiro atoms. The first kappa shape index (κ1) is 20.6. The van der Waals surface area contributed by atoms with Gasteiger partial charge in [-0.3, -0.25) is 14.8 Å². The topological polar surface area (TPSA) is 87.2 Å². The Bertz CT molecular complexity index is 1140. The molecule has 1 N–H and O–H groups in total. The summed E-state index contributed by atoms with van der Waals surface area (Å²) in [5.74, 6) is 0.577. The molecule has 1 amide bonds. The number of nitrogens with one attached hydrogen (secondary N) is 1. The van der Waals surface area contributed by atoms with E-state index in [0.29, 0.717) is 17.2 Å². The molecule has 0 bridgehead atoms. The molecule has 0 unspecified atom stereocenters. The van der Waals surface area contributed by atoms with E-state index in [1.807, 2.05) is 36.4 Å². The highest BCUT2D eigenvalue weighted by atomic mass is 16.5. The van der Waals surface area contributed by atoms with E-state index in [9.17, 15) is 4.79 Å². The molecule has 8 nitrogen and oxygen atoms in total. The van der Waals surface area contributed by atoms with Gasteiger partial charge in [0.25, 0.3) is 5.91 Å². The summed E-state index contributed by atoms with van der Waals surface area (Å²) in [4.78, 5) is 33.8. The number of morpholine rings is 1. The molecule has 2 saturated heterocycles. The van der Waals surface area contributed by atoms with Gasteiger partial charge in [0.2, 0.25) is 0 Å². The zero-order chi connectivity index (χ0) is 22.3. The maximum atomic E-state index is 12.9. The third-order valence-electron chi connectivity index (χ3n) is 6.05. The predicted molar refractivity (Wildman–Crippen MR) is 123 cm³/mol. The van der Waals surface area contributed by atoms with Crippen molar-refractivity contribution < 1.29 is 9.53 Å². The second-order valence-electron chi connectivity index (χ2n) is 9.35. The number of carbonyl (C=O) groups excluding carboxylic acids is 1. The second-order valence-corrected chi connectivity index (χ2v) is 9.35. The summed E-state index contributed by atoms with van der Waals surface area (Å²) in [7, 11) is 0. The summed E-state index contributed by atoms with van der Waals surface area (Å²) in [6.07, 6.45) is 5.52. The second kappa shape index (κ2) is 8.02. The predicted octanol–water partition coefficient (Wildman–Crippen LogP) is 3.16. The highest BCUT2D eigenvalue weighted by Crippen LogP contribution is 2.31. The number of anilines is 1. The number of hydrogen-bond donors (Lipinski definition) is 1. The number of amides is 1. The Labute approximate surface area is 187 Å². The Morgan fingerprint density at radius 2 is 1.91 bits per heavy atom. The lowest BCUT2D eigenvalue weighted by atomic mass is 9.84. The number of hydrogen-bond acceptors (Lipinski definition) is 6. The fourth-order valence-electron chi connectivity index (χ4n) is 4.39. The van der Waals surface area contributed by atoms with Crippen molar-refractivity contribution in [2.24, 2.45) is 5.41 Å². The number of carbonyl (C=O) groups is 1. The van der Waals surface area contributed by atoms with Crippen LogP contribution in [0.25, 0.3) is 22.6 Å². The smallest absolute Gasteiger partial charge is 0.274 e. The first-order valence-corrected chi connectivity index (χ1v) is 11.0. The van der Waals surface area contributed by atoms with Crippen LogP contribution in [0, 0.1) is 12.3 Å². The van der Waals surface area contributed by atoms with Crippen molar-refractivity contribution >= 4 is 11.6 Å². The normalized spacial score (nSPS) is 17.8. The number of ether oxygens (including phenoxy) is 1. The minimum absolute atomic E-state index is 0.0251. The van der Waals surface area contributed by atoms with Gasteiger partial charge in [-0.1, -0.05) is 13.8 Å². The Hall–Kier alpha value is -3.26. The molecule has 166 valence electrons. The van der Waals surface area contributed by atoms with Gasteiger partial charge in [0, 0.05) is 49.8 Å². The Morgan fingerprint density at radius 1 is 1.12 bits per heavy atom. The number of pyridine rings is 2. The first-order chi connectivity index (χ1) is 15.4. The third-order valence-corrected chi connectivity index (χ3v) is 6.05. The van der Waals surface area contributed by atoms with Gasteiger partial charge in [0.05, 0.1) is 25.1 Å². The van der Waals surface area contributed by atoms with Crippen molar-refractivity contribution in [2.45, 2.75) is 20.8 Å². The molecule has 5 heterocycles. The highest BCUT2D eigenvalue weighted by Gasteiger charge is 2.38. The van der Waals surface area contributed by atoms with Crippen molar-refractivity contribution in [1.82, 2.24) is 24.8 Å².